The molecule has 0 bridgehead atoms. The summed E-state index contributed by atoms with van der Waals surface area (Å²) in [6.07, 6.45) is 7.85. The number of nitrogens with zero attached hydrogens (tertiary/aromatic N) is 3. The standard InChI is InChI=1S/C16H17N3O2/c20-16(13-10-15(21-18-13)12-3-4-12)19-9-1-2-14(19)11-5-7-17-8-6-11/h5-8,10,12,14H,1-4,9H2. The fourth-order valence-corrected chi connectivity index (χ4v) is 3.04. The number of pyridine rings is 1. The van der Waals surface area contributed by atoms with Gasteiger partial charge in [-0.2, -0.15) is 0 Å². The van der Waals surface area contributed by atoms with E-state index in [9.17, 15) is 4.79 Å². The van der Waals surface area contributed by atoms with Crippen molar-refractivity contribution < 1.29 is 9.32 Å². The SMILES string of the molecule is O=C(c1cc(C2CC2)on1)N1CCCC1c1ccncc1. The van der Waals surface area contributed by atoms with Crippen LogP contribution in [0.1, 0.15) is 59.5 Å². The van der Waals surface area contributed by atoms with Crippen LogP contribution in [-0.4, -0.2) is 27.5 Å². The summed E-state index contributed by atoms with van der Waals surface area (Å²) in [6, 6.07) is 5.91. The van der Waals surface area contributed by atoms with E-state index in [0.29, 0.717) is 11.6 Å². The topological polar surface area (TPSA) is 59.2 Å². The van der Waals surface area contributed by atoms with Crippen molar-refractivity contribution in [1.29, 1.82) is 0 Å². The Morgan fingerprint density at radius 1 is 1.24 bits per heavy atom. The number of aromatic nitrogens is 2. The van der Waals surface area contributed by atoms with E-state index in [2.05, 4.69) is 10.1 Å². The summed E-state index contributed by atoms with van der Waals surface area (Å²) in [7, 11) is 0. The molecule has 2 aliphatic rings. The highest BCUT2D eigenvalue weighted by atomic mass is 16.5. The van der Waals surface area contributed by atoms with Crippen molar-refractivity contribution in [3.63, 3.8) is 0 Å². The first-order valence-electron chi connectivity index (χ1n) is 7.50. The molecule has 1 unspecified atom stereocenters. The second-order valence-electron chi connectivity index (χ2n) is 5.83. The van der Waals surface area contributed by atoms with Crippen molar-refractivity contribution >= 4 is 5.91 Å². The van der Waals surface area contributed by atoms with E-state index in [0.717, 1.165) is 43.6 Å². The lowest BCUT2D eigenvalue weighted by molar-refractivity contribution is 0.0725. The molecule has 1 amide bonds. The van der Waals surface area contributed by atoms with Crippen molar-refractivity contribution in [1.82, 2.24) is 15.0 Å². The van der Waals surface area contributed by atoms with Crippen molar-refractivity contribution in [2.24, 2.45) is 0 Å². The van der Waals surface area contributed by atoms with Gasteiger partial charge in [0.25, 0.3) is 5.91 Å². The van der Waals surface area contributed by atoms with E-state index >= 15 is 0 Å². The molecule has 1 saturated carbocycles. The van der Waals surface area contributed by atoms with Crippen LogP contribution in [0.5, 0.6) is 0 Å². The Bertz CT molecular complexity index is 649. The van der Waals surface area contributed by atoms with Gasteiger partial charge in [0.15, 0.2) is 5.69 Å². The van der Waals surface area contributed by atoms with Gasteiger partial charge >= 0.3 is 0 Å². The number of rotatable bonds is 3. The molecule has 0 aromatic carbocycles. The zero-order valence-electron chi connectivity index (χ0n) is 11.7. The smallest absolute Gasteiger partial charge is 0.276 e. The molecule has 4 rings (SSSR count). The number of carbonyl (C=O) groups excluding carboxylic acids is 1. The van der Waals surface area contributed by atoms with Gasteiger partial charge in [-0.15, -0.1) is 0 Å². The van der Waals surface area contributed by atoms with Crippen LogP contribution >= 0.6 is 0 Å². The molecular formula is C16H17N3O2. The molecule has 21 heavy (non-hydrogen) atoms. The Morgan fingerprint density at radius 3 is 2.81 bits per heavy atom. The summed E-state index contributed by atoms with van der Waals surface area (Å²) in [5.41, 5.74) is 1.58. The summed E-state index contributed by atoms with van der Waals surface area (Å²) in [5, 5.41) is 3.97. The van der Waals surface area contributed by atoms with Gasteiger partial charge in [0, 0.05) is 30.9 Å². The lowest BCUT2D eigenvalue weighted by Gasteiger charge is -2.23. The van der Waals surface area contributed by atoms with Gasteiger partial charge in [0.05, 0.1) is 6.04 Å². The Morgan fingerprint density at radius 2 is 2.05 bits per heavy atom. The van der Waals surface area contributed by atoms with E-state index in [-0.39, 0.29) is 11.9 Å². The fourth-order valence-electron chi connectivity index (χ4n) is 3.04. The minimum Gasteiger partial charge on any atom is -0.360 e. The molecule has 0 spiro atoms. The first-order chi connectivity index (χ1) is 10.3. The molecule has 3 heterocycles. The molecule has 1 saturated heterocycles. The Kier molecular flexibility index (Phi) is 2.98. The third-order valence-electron chi connectivity index (χ3n) is 4.33. The van der Waals surface area contributed by atoms with Crippen LogP contribution in [-0.2, 0) is 0 Å². The fraction of sp³-hybridized carbons (Fsp3) is 0.438. The maximum Gasteiger partial charge on any atom is 0.276 e. The van der Waals surface area contributed by atoms with Crippen LogP contribution in [0.15, 0.2) is 35.1 Å². The average molecular weight is 283 g/mol. The molecule has 2 aromatic heterocycles. The molecule has 2 fully saturated rings. The van der Waals surface area contributed by atoms with Gasteiger partial charge in [0.1, 0.15) is 5.76 Å². The summed E-state index contributed by atoms with van der Waals surface area (Å²) in [6.45, 7) is 0.775. The highest BCUT2D eigenvalue weighted by Gasteiger charge is 2.34. The molecule has 1 aliphatic carbocycles. The second-order valence-corrected chi connectivity index (χ2v) is 5.83. The third-order valence-corrected chi connectivity index (χ3v) is 4.33. The lowest BCUT2D eigenvalue weighted by Crippen LogP contribution is -2.30. The minimum atomic E-state index is -0.0232. The molecule has 0 radical (unpaired) electrons. The number of carbonyl (C=O) groups is 1. The van der Waals surface area contributed by atoms with E-state index in [1.54, 1.807) is 12.4 Å². The summed E-state index contributed by atoms with van der Waals surface area (Å²) >= 11 is 0. The Balaban J connectivity index is 1.57. The first kappa shape index (κ1) is 12.6. The van der Waals surface area contributed by atoms with Crippen LogP contribution < -0.4 is 0 Å². The maximum absolute atomic E-state index is 12.7. The van der Waals surface area contributed by atoms with Crippen molar-refractivity contribution in [2.45, 2.75) is 37.6 Å². The molecule has 2 aromatic rings. The quantitative estimate of drug-likeness (QED) is 0.869. The van der Waals surface area contributed by atoms with E-state index in [1.807, 2.05) is 23.1 Å². The van der Waals surface area contributed by atoms with Crippen LogP contribution in [0.4, 0.5) is 0 Å². The average Bonchev–Trinajstić information content (AvgIpc) is 3.07. The number of amides is 1. The highest BCUT2D eigenvalue weighted by Crippen LogP contribution is 2.40. The van der Waals surface area contributed by atoms with Gasteiger partial charge < -0.3 is 9.42 Å². The van der Waals surface area contributed by atoms with Gasteiger partial charge in [0.2, 0.25) is 0 Å². The highest BCUT2D eigenvalue weighted by molar-refractivity contribution is 5.92. The summed E-state index contributed by atoms with van der Waals surface area (Å²) in [5.74, 6) is 1.32. The van der Waals surface area contributed by atoms with Gasteiger partial charge in [-0.05, 0) is 43.4 Å². The molecule has 5 heteroatoms. The normalized spacial score (nSPS) is 21.7. The lowest BCUT2D eigenvalue weighted by atomic mass is 10.1. The molecule has 5 nitrogen and oxygen atoms in total. The minimum absolute atomic E-state index is 0.0232. The van der Waals surface area contributed by atoms with Gasteiger partial charge in [-0.3, -0.25) is 9.78 Å². The van der Waals surface area contributed by atoms with Gasteiger partial charge in [-0.1, -0.05) is 5.16 Å². The summed E-state index contributed by atoms with van der Waals surface area (Å²) < 4.78 is 5.30. The van der Waals surface area contributed by atoms with E-state index < -0.39 is 0 Å². The number of likely N-dealkylation sites (tertiary alicyclic amines) is 1. The van der Waals surface area contributed by atoms with Crippen molar-refractivity contribution in [3.8, 4) is 0 Å². The largest absolute Gasteiger partial charge is 0.360 e. The zero-order valence-corrected chi connectivity index (χ0v) is 11.7. The van der Waals surface area contributed by atoms with Crippen molar-refractivity contribution in [2.75, 3.05) is 6.54 Å². The second kappa shape index (κ2) is 4.98. The Hall–Kier alpha value is -2.17. The monoisotopic (exact) mass is 283 g/mol. The van der Waals surface area contributed by atoms with E-state index in [1.165, 1.54) is 0 Å². The predicted molar refractivity (Wildman–Crippen MR) is 75.7 cm³/mol. The first-order valence-corrected chi connectivity index (χ1v) is 7.50. The van der Waals surface area contributed by atoms with Crippen molar-refractivity contribution in [3.05, 3.63) is 47.6 Å². The van der Waals surface area contributed by atoms with Crippen LogP contribution in [0.3, 0.4) is 0 Å². The molecule has 1 atom stereocenters. The molecule has 0 N–H and O–H groups in total. The van der Waals surface area contributed by atoms with Gasteiger partial charge in [-0.25, -0.2) is 0 Å². The van der Waals surface area contributed by atoms with Crippen LogP contribution in [0.25, 0.3) is 0 Å². The maximum atomic E-state index is 12.7. The van der Waals surface area contributed by atoms with Crippen LogP contribution in [0.2, 0.25) is 0 Å². The predicted octanol–water partition coefficient (Wildman–Crippen LogP) is 2.92. The third kappa shape index (κ3) is 2.33. The number of hydrogen-bond donors (Lipinski definition) is 0. The summed E-state index contributed by atoms with van der Waals surface area (Å²) in [4.78, 5) is 18.6. The van der Waals surface area contributed by atoms with Crippen LogP contribution in [0, 0.1) is 0 Å². The Labute approximate surface area is 123 Å². The number of hydrogen-bond acceptors (Lipinski definition) is 4. The zero-order chi connectivity index (χ0) is 14.2. The molecular weight excluding hydrogens is 266 g/mol. The van der Waals surface area contributed by atoms with E-state index in [4.69, 9.17) is 4.52 Å². The molecule has 1 aliphatic heterocycles. The molecule has 108 valence electrons.